The van der Waals surface area contributed by atoms with E-state index in [1.807, 2.05) is 6.92 Å². The van der Waals surface area contributed by atoms with Crippen molar-refractivity contribution in [1.82, 2.24) is 0 Å². The van der Waals surface area contributed by atoms with Gasteiger partial charge in [-0.15, -0.1) is 0 Å². The average molecular weight is 503 g/mol. The normalized spacial score (nSPS) is 44.2. The van der Waals surface area contributed by atoms with Gasteiger partial charge in [-0.05, 0) is 25.3 Å². The van der Waals surface area contributed by atoms with Crippen LogP contribution in [-0.4, -0.2) is 52.5 Å². The van der Waals surface area contributed by atoms with Crippen LogP contribution >= 0.6 is 0 Å². The summed E-state index contributed by atoms with van der Waals surface area (Å²) in [5.74, 6) is -5.66. The number of furan rings is 1. The first-order valence-corrected chi connectivity index (χ1v) is 12.5. The zero-order valence-electron chi connectivity index (χ0n) is 21.3. The van der Waals surface area contributed by atoms with Gasteiger partial charge in [0.2, 0.25) is 0 Å². The molecule has 9 nitrogen and oxygen atoms in total. The molecule has 0 unspecified atom stereocenters. The second-order valence-electron chi connectivity index (χ2n) is 12.2. The zero-order chi connectivity index (χ0) is 26.4. The summed E-state index contributed by atoms with van der Waals surface area (Å²) in [5, 5.41) is 23.6. The van der Waals surface area contributed by atoms with Gasteiger partial charge < -0.3 is 24.1 Å². The van der Waals surface area contributed by atoms with E-state index in [1.54, 1.807) is 26.8 Å². The summed E-state index contributed by atoms with van der Waals surface area (Å²) in [4.78, 5) is 53.0. The van der Waals surface area contributed by atoms with Crippen molar-refractivity contribution in [1.29, 1.82) is 0 Å². The molecule has 1 aromatic heterocycles. The number of Topliss-reactive ketones (excluding diaryl/α,β-unsaturated/α-hetero) is 2. The number of ketones is 2. The highest BCUT2D eigenvalue weighted by molar-refractivity contribution is 6.11. The number of aliphatic hydroxyl groups excluding tert-OH is 1. The zero-order valence-corrected chi connectivity index (χ0v) is 21.3. The second-order valence-corrected chi connectivity index (χ2v) is 12.2. The second kappa shape index (κ2) is 7.74. The van der Waals surface area contributed by atoms with Gasteiger partial charge in [0, 0.05) is 39.6 Å². The first-order valence-electron chi connectivity index (χ1n) is 12.5. The Morgan fingerprint density at radius 1 is 1.14 bits per heavy atom. The van der Waals surface area contributed by atoms with E-state index in [-0.39, 0.29) is 18.6 Å². The maximum absolute atomic E-state index is 13.9. The maximum atomic E-state index is 13.9. The number of rotatable bonds is 3. The number of ether oxygens (including phenoxy) is 2. The van der Waals surface area contributed by atoms with Crippen LogP contribution in [0, 0.1) is 39.9 Å². The van der Waals surface area contributed by atoms with Gasteiger partial charge in [-0.3, -0.25) is 14.4 Å². The summed E-state index contributed by atoms with van der Waals surface area (Å²) >= 11 is 0. The first kappa shape index (κ1) is 25.1. The van der Waals surface area contributed by atoms with Crippen molar-refractivity contribution in [2.45, 2.75) is 71.2 Å². The molecule has 3 aliphatic carbocycles. The molecule has 2 bridgehead atoms. The molecule has 9 atom stereocenters. The van der Waals surface area contributed by atoms with Crippen molar-refractivity contribution < 1.29 is 43.3 Å². The van der Waals surface area contributed by atoms with Gasteiger partial charge in [0.25, 0.3) is 0 Å². The van der Waals surface area contributed by atoms with E-state index in [4.69, 9.17) is 13.9 Å². The molecule has 1 aliphatic heterocycles. The number of methoxy groups -OCH3 is 1. The predicted molar refractivity (Wildman–Crippen MR) is 123 cm³/mol. The SMILES string of the molecule is COC(=O)[C@@H](O)[C@H]1C(C)(C)C(=O)[C@@H]2C[C@]3(O)[C@H]4CC(=O)O[C@@H](c5ccoc5)[C@]4(C)CC[C@@H]3[C@@]1(C)C2=O. The van der Waals surface area contributed by atoms with E-state index in [1.165, 1.54) is 12.5 Å². The van der Waals surface area contributed by atoms with Gasteiger partial charge >= 0.3 is 11.9 Å². The quantitative estimate of drug-likeness (QED) is 0.471. The molecule has 5 rings (SSSR count). The lowest BCUT2D eigenvalue weighted by molar-refractivity contribution is -0.266. The standard InChI is InChI=1S/C27H34O9/c1-24(2)19(18(29)23(32)34-5)26(4)15-6-8-25(3)16(27(15,33)11-14(20(24)30)21(26)31)10-17(28)36-22(25)13-7-9-35-12-13/h7,9,12,14-16,18-19,22,29,33H,6,8,10-11H2,1-5H3/t14-,15+,16-,18-,19-,22-,25+,26+,27+/m0/s1. The summed E-state index contributed by atoms with van der Waals surface area (Å²) in [6, 6.07) is 1.73. The number of cyclic esters (lactones) is 1. The van der Waals surface area contributed by atoms with E-state index < -0.39 is 75.4 Å². The lowest BCUT2D eigenvalue weighted by Crippen LogP contribution is -2.75. The molecule has 36 heavy (non-hydrogen) atoms. The molecule has 4 aliphatic rings. The summed E-state index contributed by atoms with van der Waals surface area (Å²) in [6.07, 6.45) is 1.40. The molecule has 0 amide bonds. The molecule has 1 aromatic rings. The van der Waals surface area contributed by atoms with Crippen LogP contribution < -0.4 is 0 Å². The maximum Gasteiger partial charge on any atom is 0.335 e. The Hall–Kier alpha value is -2.52. The smallest absolute Gasteiger partial charge is 0.335 e. The Kier molecular flexibility index (Phi) is 5.41. The van der Waals surface area contributed by atoms with Gasteiger partial charge in [0.15, 0.2) is 6.10 Å². The van der Waals surface area contributed by atoms with E-state index >= 15 is 0 Å². The number of carbonyl (C=O) groups is 4. The number of esters is 2. The summed E-state index contributed by atoms with van der Waals surface area (Å²) < 4.78 is 15.8. The lowest BCUT2D eigenvalue weighted by Gasteiger charge is -2.68. The van der Waals surface area contributed by atoms with Gasteiger partial charge in [-0.25, -0.2) is 4.79 Å². The third-order valence-electron chi connectivity index (χ3n) is 10.3. The third kappa shape index (κ3) is 2.96. The number of fused-ring (bicyclic) bond motifs is 6. The fraction of sp³-hybridized carbons (Fsp3) is 0.704. The van der Waals surface area contributed by atoms with Gasteiger partial charge in [-0.1, -0.05) is 27.7 Å². The van der Waals surface area contributed by atoms with Gasteiger partial charge in [0.1, 0.15) is 17.7 Å². The van der Waals surface area contributed by atoms with Crippen LogP contribution in [0.15, 0.2) is 23.0 Å². The van der Waals surface area contributed by atoms with Crippen LogP contribution in [0.25, 0.3) is 0 Å². The van der Waals surface area contributed by atoms with Gasteiger partial charge in [0.05, 0.1) is 37.6 Å². The summed E-state index contributed by atoms with van der Waals surface area (Å²) in [6.45, 7) is 6.93. The van der Waals surface area contributed by atoms with Gasteiger partial charge in [-0.2, -0.15) is 0 Å². The van der Waals surface area contributed by atoms with Crippen molar-refractivity contribution in [3.05, 3.63) is 24.2 Å². The number of aliphatic hydroxyl groups is 2. The highest BCUT2D eigenvalue weighted by Gasteiger charge is 2.76. The minimum absolute atomic E-state index is 0.0589. The Bertz CT molecular complexity index is 1120. The highest BCUT2D eigenvalue weighted by Crippen LogP contribution is 2.70. The van der Waals surface area contributed by atoms with Crippen LogP contribution in [-0.2, 0) is 28.7 Å². The highest BCUT2D eigenvalue weighted by atomic mass is 16.5. The monoisotopic (exact) mass is 502 g/mol. The largest absolute Gasteiger partial charge is 0.472 e. The third-order valence-corrected chi connectivity index (χ3v) is 10.3. The topological polar surface area (TPSA) is 140 Å². The van der Waals surface area contributed by atoms with Crippen molar-refractivity contribution in [3.63, 3.8) is 0 Å². The van der Waals surface area contributed by atoms with Crippen LogP contribution in [0.1, 0.15) is 65.0 Å². The summed E-state index contributed by atoms with van der Waals surface area (Å²) in [5.41, 5.74) is -4.16. The van der Waals surface area contributed by atoms with Crippen LogP contribution in [0.5, 0.6) is 0 Å². The summed E-state index contributed by atoms with van der Waals surface area (Å²) in [7, 11) is 1.14. The molecule has 196 valence electrons. The Morgan fingerprint density at radius 3 is 2.44 bits per heavy atom. The minimum atomic E-state index is -1.73. The fourth-order valence-electron chi connectivity index (χ4n) is 8.75. The molecule has 9 heteroatoms. The Labute approximate surface area is 209 Å². The van der Waals surface area contributed by atoms with Crippen LogP contribution in [0.3, 0.4) is 0 Å². The average Bonchev–Trinajstić information content (AvgIpc) is 3.35. The van der Waals surface area contributed by atoms with Crippen LogP contribution in [0.4, 0.5) is 0 Å². The molecule has 1 saturated heterocycles. The van der Waals surface area contributed by atoms with Crippen LogP contribution in [0.2, 0.25) is 0 Å². The lowest BCUT2D eigenvalue weighted by atomic mass is 9.36. The van der Waals surface area contributed by atoms with Crippen molar-refractivity contribution in [2.75, 3.05) is 7.11 Å². The van der Waals surface area contributed by atoms with Crippen molar-refractivity contribution >= 4 is 23.5 Å². The minimum Gasteiger partial charge on any atom is -0.472 e. The molecular formula is C27H34O9. The predicted octanol–water partition coefficient (Wildman–Crippen LogP) is 2.39. The number of hydrogen-bond donors (Lipinski definition) is 2. The molecule has 0 spiro atoms. The fourth-order valence-corrected chi connectivity index (χ4v) is 8.75. The molecule has 0 radical (unpaired) electrons. The molecule has 2 heterocycles. The van der Waals surface area contributed by atoms with E-state index in [0.29, 0.717) is 18.4 Å². The first-order chi connectivity index (χ1) is 16.7. The van der Waals surface area contributed by atoms with Crippen molar-refractivity contribution in [2.24, 2.45) is 39.9 Å². The Balaban J connectivity index is 1.66. The van der Waals surface area contributed by atoms with Crippen molar-refractivity contribution in [3.8, 4) is 0 Å². The molecule has 0 aromatic carbocycles. The molecular weight excluding hydrogens is 468 g/mol. The number of carbonyl (C=O) groups excluding carboxylic acids is 4. The molecule has 4 fully saturated rings. The number of hydrogen-bond acceptors (Lipinski definition) is 9. The molecule has 2 N–H and O–H groups in total. The molecule has 3 saturated carbocycles. The van der Waals surface area contributed by atoms with E-state index in [2.05, 4.69) is 0 Å². The Morgan fingerprint density at radius 2 is 1.83 bits per heavy atom. The van der Waals surface area contributed by atoms with E-state index in [9.17, 15) is 29.4 Å². The van der Waals surface area contributed by atoms with E-state index in [0.717, 1.165) is 7.11 Å².